The molecule has 0 radical (unpaired) electrons. The van der Waals surface area contributed by atoms with Crippen LogP contribution >= 0.6 is 0 Å². The van der Waals surface area contributed by atoms with Crippen LogP contribution in [0, 0.1) is 0 Å². The molecule has 0 aromatic carbocycles. The van der Waals surface area contributed by atoms with Crippen molar-refractivity contribution in [2.45, 2.75) is 19.4 Å². The van der Waals surface area contributed by atoms with Gasteiger partial charge < -0.3 is 5.73 Å². The van der Waals surface area contributed by atoms with Gasteiger partial charge in [-0.15, -0.1) is 0 Å². The van der Waals surface area contributed by atoms with Gasteiger partial charge in [-0.05, 0) is 19.9 Å². The predicted molar refractivity (Wildman–Crippen MR) is 39.2 cm³/mol. The molecular weight excluding hydrogens is 126 g/mol. The summed E-state index contributed by atoms with van der Waals surface area (Å²) in [5.41, 5.74) is 5.30. The van der Waals surface area contributed by atoms with Crippen LogP contribution in [0.5, 0.6) is 0 Å². The van der Waals surface area contributed by atoms with Gasteiger partial charge in [-0.25, -0.2) is 9.97 Å². The molecule has 0 spiro atoms. The topological polar surface area (TPSA) is 51.8 Å². The van der Waals surface area contributed by atoms with Gasteiger partial charge in [0, 0.05) is 12.4 Å². The maximum absolute atomic E-state index is 5.73. The predicted octanol–water partition coefficient (Wildman–Crippen LogP) is 0.670. The second-order valence-electron chi connectivity index (χ2n) is 2.79. The van der Waals surface area contributed by atoms with Crippen molar-refractivity contribution in [1.82, 2.24) is 9.97 Å². The number of aromatic nitrogens is 2. The zero-order chi connectivity index (χ0) is 7.61. The lowest BCUT2D eigenvalue weighted by Crippen LogP contribution is -2.30. The molecule has 1 rings (SSSR count). The van der Waals surface area contributed by atoms with Crippen LogP contribution in [0.2, 0.25) is 0 Å². The highest BCUT2D eigenvalue weighted by Crippen LogP contribution is 2.08. The van der Waals surface area contributed by atoms with Crippen LogP contribution in [0.3, 0.4) is 0 Å². The fraction of sp³-hybridized carbons (Fsp3) is 0.429. The third-order valence-corrected chi connectivity index (χ3v) is 1.14. The minimum absolute atomic E-state index is 0.429. The number of nitrogens with two attached hydrogens (primary N) is 1. The van der Waals surface area contributed by atoms with E-state index in [2.05, 4.69) is 9.97 Å². The summed E-state index contributed by atoms with van der Waals surface area (Å²) < 4.78 is 0. The first-order valence-electron chi connectivity index (χ1n) is 3.17. The van der Waals surface area contributed by atoms with Crippen molar-refractivity contribution < 1.29 is 0 Å². The number of rotatable bonds is 1. The Hall–Kier alpha value is -0.960. The molecule has 2 N–H and O–H groups in total. The molecule has 0 saturated carbocycles. The summed E-state index contributed by atoms with van der Waals surface area (Å²) in [6, 6.07) is 1.77. The van der Waals surface area contributed by atoms with Gasteiger partial charge in [0.05, 0.1) is 5.54 Å². The summed E-state index contributed by atoms with van der Waals surface area (Å²) in [4.78, 5) is 8.03. The van der Waals surface area contributed by atoms with Crippen LogP contribution in [0.1, 0.15) is 19.7 Å². The molecule has 1 heterocycles. The highest BCUT2D eigenvalue weighted by atomic mass is 14.9. The molecule has 0 bridgehead atoms. The number of hydrogen-bond donors (Lipinski definition) is 1. The monoisotopic (exact) mass is 137 g/mol. The average Bonchev–Trinajstić information content (AvgIpc) is 1.88. The Labute approximate surface area is 60.3 Å². The van der Waals surface area contributed by atoms with E-state index in [1.807, 2.05) is 13.8 Å². The summed E-state index contributed by atoms with van der Waals surface area (Å²) >= 11 is 0. The summed E-state index contributed by atoms with van der Waals surface area (Å²) in [7, 11) is 0. The standard InChI is InChI=1S/C7H11N3/c1-7(2,8)6-9-4-3-5-10-6/h3-5H,8H2,1-2H3. The zero-order valence-electron chi connectivity index (χ0n) is 6.20. The molecule has 0 unspecified atom stereocenters. The average molecular weight is 137 g/mol. The SMILES string of the molecule is CC(C)(N)c1ncccn1. The number of hydrogen-bond acceptors (Lipinski definition) is 3. The lowest BCUT2D eigenvalue weighted by molar-refractivity contribution is 0.513. The van der Waals surface area contributed by atoms with Crippen LogP contribution in [0.15, 0.2) is 18.5 Å². The van der Waals surface area contributed by atoms with Gasteiger partial charge in [-0.3, -0.25) is 0 Å². The summed E-state index contributed by atoms with van der Waals surface area (Å²) in [5, 5.41) is 0. The molecule has 1 aromatic rings. The van der Waals surface area contributed by atoms with Gasteiger partial charge in [0.1, 0.15) is 5.82 Å². The minimum atomic E-state index is -0.429. The first-order valence-corrected chi connectivity index (χ1v) is 3.17. The molecule has 0 saturated heterocycles. The Morgan fingerprint density at radius 1 is 1.30 bits per heavy atom. The van der Waals surface area contributed by atoms with Crippen molar-refractivity contribution >= 4 is 0 Å². The quantitative estimate of drug-likeness (QED) is 0.619. The van der Waals surface area contributed by atoms with E-state index in [0.717, 1.165) is 0 Å². The Kier molecular flexibility index (Phi) is 1.68. The van der Waals surface area contributed by atoms with E-state index in [1.165, 1.54) is 0 Å². The normalized spacial score (nSPS) is 11.5. The third kappa shape index (κ3) is 1.51. The van der Waals surface area contributed by atoms with Gasteiger partial charge in [0.15, 0.2) is 0 Å². The first-order chi connectivity index (χ1) is 4.61. The molecule has 54 valence electrons. The lowest BCUT2D eigenvalue weighted by Gasteiger charge is -2.14. The molecule has 10 heavy (non-hydrogen) atoms. The lowest BCUT2D eigenvalue weighted by atomic mass is 10.1. The van der Waals surface area contributed by atoms with E-state index in [1.54, 1.807) is 18.5 Å². The first kappa shape index (κ1) is 7.15. The van der Waals surface area contributed by atoms with Crippen molar-refractivity contribution in [1.29, 1.82) is 0 Å². The largest absolute Gasteiger partial charge is 0.319 e. The van der Waals surface area contributed by atoms with Gasteiger partial charge in [0.2, 0.25) is 0 Å². The van der Waals surface area contributed by atoms with E-state index in [0.29, 0.717) is 5.82 Å². The molecule has 0 aliphatic carbocycles. The van der Waals surface area contributed by atoms with E-state index in [9.17, 15) is 0 Å². The molecule has 0 atom stereocenters. The van der Waals surface area contributed by atoms with Gasteiger partial charge in [-0.2, -0.15) is 0 Å². The van der Waals surface area contributed by atoms with Crippen molar-refractivity contribution in [2.75, 3.05) is 0 Å². The van der Waals surface area contributed by atoms with Crippen molar-refractivity contribution in [3.63, 3.8) is 0 Å². The maximum atomic E-state index is 5.73. The van der Waals surface area contributed by atoms with Crippen LogP contribution in [0.4, 0.5) is 0 Å². The molecular formula is C7H11N3. The molecule has 0 aliphatic heterocycles. The second kappa shape index (κ2) is 2.34. The highest BCUT2D eigenvalue weighted by Gasteiger charge is 2.15. The molecule has 3 heteroatoms. The van der Waals surface area contributed by atoms with Gasteiger partial charge >= 0.3 is 0 Å². The van der Waals surface area contributed by atoms with Crippen LogP contribution in [0.25, 0.3) is 0 Å². The Morgan fingerprint density at radius 2 is 1.80 bits per heavy atom. The highest BCUT2D eigenvalue weighted by molar-refractivity contribution is 4.99. The summed E-state index contributed by atoms with van der Waals surface area (Å²) in [6.45, 7) is 3.75. The summed E-state index contributed by atoms with van der Waals surface area (Å²) in [6.07, 6.45) is 3.38. The molecule has 1 aromatic heterocycles. The fourth-order valence-corrected chi connectivity index (χ4v) is 0.632. The van der Waals surface area contributed by atoms with Crippen LogP contribution in [-0.4, -0.2) is 9.97 Å². The van der Waals surface area contributed by atoms with E-state index in [-0.39, 0.29) is 0 Å². The van der Waals surface area contributed by atoms with Crippen LogP contribution < -0.4 is 5.73 Å². The molecule has 3 nitrogen and oxygen atoms in total. The Bertz CT molecular complexity index is 200. The molecule has 0 amide bonds. The second-order valence-corrected chi connectivity index (χ2v) is 2.79. The number of nitrogens with zero attached hydrogens (tertiary/aromatic N) is 2. The maximum Gasteiger partial charge on any atom is 0.147 e. The van der Waals surface area contributed by atoms with Crippen molar-refractivity contribution in [3.05, 3.63) is 24.3 Å². The van der Waals surface area contributed by atoms with Crippen molar-refractivity contribution in [3.8, 4) is 0 Å². The minimum Gasteiger partial charge on any atom is -0.319 e. The van der Waals surface area contributed by atoms with Crippen molar-refractivity contribution in [2.24, 2.45) is 5.73 Å². The molecule has 0 fully saturated rings. The van der Waals surface area contributed by atoms with E-state index >= 15 is 0 Å². The fourth-order valence-electron chi connectivity index (χ4n) is 0.632. The zero-order valence-corrected chi connectivity index (χ0v) is 6.20. The smallest absolute Gasteiger partial charge is 0.147 e. The summed E-state index contributed by atoms with van der Waals surface area (Å²) in [5.74, 6) is 0.676. The van der Waals surface area contributed by atoms with Gasteiger partial charge in [0.25, 0.3) is 0 Å². The Morgan fingerprint density at radius 3 is 2.10 bits per heavy atom. The third-order valence-electron chi connectivity index (χ3n) is 1.14. The Balaban J connectivity index is 2.97. The van der Waals surface area contributed by atoms with E-state index < -0.39 is 5.54 Å². The molecule has 0 aliphatic rings. The van der Waals surface area contributed by atoms with Gasteiger partial charge in [-0.1, -0.05) is 0 Å². The van der Waals surface area contributed by atoms with Crippen LogP contribution in [-0.2, 0) is 5.54 Å². The van der Waals surface area contributed by atoms with E-state index in [4.69, 9.17) is 5.73 Å².